The number of rotatable bonds is 4. The van der Waals surface area contributed by atoms with Crippen molar-refractivity contribution in [1.82, 2.24) is 14.9 Å². The second kappa shape index (κ2) is 5.96. The van der Waals surface area contributed by atoms with Crippen LogP contribution in [0.2, 0.25) is 0 Å². The molecule has 1 atom stereocenters. The molecule has 5 heteroatoms. The Morgan fingerprint density at radius 3 is 2.96 bits per heavy atom. The first-order valence-corrected chi connectivity index (χ1v) is 8.32. The largest absolute Gasteiger partial charge is 0.388 e. The minimum atomic E-state index is -0.845. The van der Waals surface area contributed by atoms with E-state index < -0.39 is 5.60 Å². The van der Waals surface area contributed by atoms with E-state index in [-0.39, 0.29) is 11.9 Å². The van der Waals surface area contributed by atoms with Crippen molar-refractivity contribution in [1.29, 1.82) is 0 Å². The van der Waals surface area contributed by atoms with Crippen LogP contribution in [-0.4, -0.2) is 44.1 Å². The van der Waals surface area contributed by atoms with E-state index in [0.717, 1.165) is 41.8 Å². The zero-order valence-electron chi connectivity index (χ0n) is 14.1. The van der Waals surface area contributed by atoms with Crippen LogP contribution in [-0.2, 0) is 11.2 Å². The lowest BCUT2D eigenvalue weighted by Crippen LogP contribution is -2.48. The number of aryl methyl sites for hydroxylation is 2. The van der Waals surface area contributed by atoms with Gasteiger partial charge in [-0.3, -0.25) is 4.79 Å². The predicted octanol–water partition coefficient (Wildman–Crippen LogP) is 2.57. The van der Waals surface area contributed by atoms with Gasteiger partial charge in [0.15, 0.2) is 0 Å². The number of fused-ring (bicyclic) bond motifs is 1. The summed E-state index contributed by atoms with van der Waals surface area (Å²) < 4.78 is 0. The number of H-pyrrole nitrogens is 1. The first-order valence-electron chi connectivity index (χ1n) is 8.32. The van der Waals surface area contributed by atoms with Crippen LogP contribution in [0.1, 0.15) is 44.5 Å². The number of hydrogen-bond donors (Lipinski definition) is 2. The first kappa shape index (κ1) is 16.0. The van der Waals surface area contributed by atoms with E-state index in [9.17, 15) is 9.90 Å². The van der Waals surface area contributed by atoms with Gasteiger partial charge < -0.3 is 15.0 Å². The fourth-order valence-electron chi connectivity index (χ4n) is 3.51. The average molecular weight is 315 g/mol. The third-order valence-electron chi connectivity index (χ3n) is 4.73. The third kappa shape index (κ3) is 3.24. The maximum absolute atomic E-state index is 12.5. The molecule has 1 unspecified atom stereocenters. The Hall–Kier alpha value is -1.88. The molecule has 23 heavy (non-hydrogen) atoms. The molecule has 2 N–H and O–H groups in total. The second-order valence-corrected chi connectivity index (χ2v) is 7.05. The lowest BCUT2D eigenvalue weighted by atomic mass is 9.96. The van der Waals surface area contributed by atoms with Gasteiger partial charge in [0.25, 0.3) is 0 Å². The molecule has 1 aromatic heterocycles. The molecule has 1 aliphatic rings. The summed E-state index contributed by atoms with van der Waals surface area (Å²) in [6.45, 7) is 6.35. The number of imidazole rings is 1. The Labute approximate surface area is 136 Å². The molecule has 124 valence electrons. The molecule has 1 fully saturated rings. The van der Waals surface area contributed by atoms with Gasteiger partial charge >= 0.3 is 0 Å². The Bertz CT molecular complexity index is 715. The van der Waals surface area contributed by atoms with Crippen LogP contribution in [0, 0.1) is 6.92 Å². The van der Waals surface area contributed by atoms with E-state index in [1.54, 1.807) is 13.8 Å². The summed E-state index contributed by atoms with van der Waals surface area (Å²) >= 11 is 0. The average Bonchev–Trinajstić information content (AvgIpc) is 3.11. The highest BCUT2D eigenvalue weighted by atomic mass is 16.3. The van der Waals surface area contributed by atoms with Gasteiger partial charge in [-0.15, -0.1) is 0 Å². The van der Waals surface area contributed by atoms with Crippen LogP contribution < -0.4 is 0 Å². The molecule has 0 aliphatic carbocycles. The topological polar surface area (TPSA) is 69.2 Å². The zero-order chi connectivity index (χ0) is 16.6. The summed E-state index contributed by atoms with van der Waals surface area (Å²) in [7, 11) is 0. The summed E-state index contributed by atoms with van der Waals surface area (Å²) in [5.41, 5.74) is 2.29. The van der Waals surface area contributed by atoms with Gasteiger partial charge in [0.2, 0.25) is 5.91 Å². The number of aromatic amines is 1. The highest BCUT2D eigenvalue weighted by Gasteiger charge is 2.38. The van der Waals surface area contributed by atoms with E-state index in [0.29, 0.717) is 12.8 Å². The van der Waals surface area contributed by atoms with E-state index in [1.807, 2.05) is 30.0 Å². The molecular weight excluding hydrogens is 290 g/mol. The predicted molar refractivity (Wildman–Crippen MR) is 90.2 cm³/mol. The van der Waals surface area contributed by atoms with Gasteiger partial charge in [-0.05, 0) is 45.2 Å². The fraction of sp³-hybridized carbons (Fsp3) is 0.556. The molecule has 0 bridgehead atoms. The van der Waals surface area contributed by atoms with Gasteiger partial charge in [-0.1, -0.05) is 12.1 Å². The van der Waals surface area contributed by atoms with Crippen molar-refractivity contribution >= 4 is 16.9 Å². The van der Waals surface area contributed by atoms with Crippen molar-refractivity contribution in [3.63, 3.8) is 0 Å². The molecule has 2 heterocycles. The quantitative estimate of drug-likeness (QED) is 0.911. The van der Waals surface area contributed by atoms with Crippen LogP contribution in [0.3, 0.4) is 0 Å². The van der Waals surface area contributed by atoms with Gasteiger partial charge in [0.1, 0.15) is 5.82 Å². The number of likely N-dealkylation sites (tertiary alicyclic amines) is 1. The maximum Gasteiger partial charge on any atom is 0.223 e. The lowest BCUT2D eigenvalue weighted by molar-refractivity contribution is -0.136. The van der Waals surface area contributed by atoms with Crippen molar-refractivity contribution in [2.75, 3.05) is 6.54 Å². The van der Waals surface area contributed by atoms with Crippen molar-refractivity contribution in [3.8, 4) is 0 Å². The van der Waals surface area contributed by atoms with Crippen molar-refractivity contribution in [2.24, 2.45) is 0 Å². The van der Waals surface area contributed by atoms with E-state index in [1.165, 1.54) is 0 Å². The van der Waals surface area contributed by atoms with Crippen molar-refractivity contribution in [3.05, 3.63) is 29.6 Å². The van der Waals surface area contributed by atoms with Crippen LogP contribution in [0.15, 0.2) is 18.2 Å². The lowest BCUT2D eigenvalue weighted by Gasteiger charge is -2.33. The summed E-state index contributed by atoms with van der Waals surface area (Å²) in [5.74, 6) is 0.952. The zero-order valence-corrected chi connectivity index (χ0v) is 14.1. The smallest absolute Gasteiger partial charge is 0.223 e. The molecular formula is C18H25N3O2. The fourth-order valence-corrected chi connectivity index (χ4v) is 3.51. The molecule has 0 radical (unpaired) electrons. The van der Waals surface area contributed by atoms with Crippen molar-refractivity contribution < 1.29 is 9.90 Å². The number of aliphatic hydroxyl groups is 1. The summed E-state index contributed by atoms with van der Waals surface area (Å²) in [6, 6.07) is 5.97. The highest BCUT2D eigenvalue weighted by Crippen LogP contribution is 2.27. The van der Waals surface area contributed by atoms with Crippen LogP contribution in [0.5, 0.6) is 0 Å². The Morgan fingerprint density at radius 1 is 1.48 bits per heavy atom. The maximum atomic E-state index is 12.5. The van der Waals surface area contributed by atoms with Crippen LogP contribution in [0.25, 0.3) is 11.0 Å². The van der Waals surface area contributed by atoms with E-state index in [4.69, 9.17) is 0 Å². The number of hydrogen-bond acceptors (Lipinski definition) is 3. The summed E-state index contributed by atoms with van der Waals surface area (Å²) in [4.78, 5) is 22.3. The summed E-state index contributed by atoms with van der Waals surface area (Å²) in [5, 5.41) is 10.2. The summed E-state index contributed by atoms with van der Waals surface area (Å²) in [6.07, 6.45) is 2.86. The van der Waals surface area contributed by atoms with Crippen LogP contribution >= 0.6 is 0 Å². The van der Waals surface area contributed by atoms with Gasteiger partial charge in [-0.25, -0.2) is 4.98 Å². The van der Waals surface area contributed by atoms with Crippen molar-refractivity contribution in [2.45, 2.75) is 58.1 Å². The third-order valence-corrected chi connectivity index (χ3v) is 4.73. The number of amides is 1. The van der Waals surface area contributed by atoms with Gasteiger partial charge in [0, 0.05) is 19.4 Å². The second-order valence-electron chi connectivity index (χ2n) is 7.05. The SMILES string of the molecule is Cc1cccc2[nH]c(CCC(=O)N3CCCC3C(C)(C)O)nc12. The number of nitrogens with zero attached hydrogens (tertiary/aromatic N) is 2. The standard InChI is InChI=1S/C18H25N3O2/c1-12-6-4-7-13-17(12)20-15(19-13)9-10-16(22)21-11-5-8-14(21)18(2,3)23/h4,6-7,14,23H,5,8-11H2,1-3H3,(H,19,20). The molecule has 1 aromatic carbocycles. The van der Waals surface area contributed by atoms with E-state index in [2.05, 4.69) is 9.97 Å². The monoisotopic (exact) mass is 315 g/mol. The molecule has 2 aromatic rings. The number of carbonyl (C=O) groups is 1. The number of nitrogens with one attached hydrogen (secondary N) is 1. The Morgan fingerprint density at radius 2 is 2.26 bits per heavy atom. The number of aromatic nitrogens is 2. The molecule has 1 aliphatic heterocycles. The van der Waals surface area contributed by atoms with Gasteiger partial charge in [-0.2, -0.15) is 0 Å². The van der Waals surface area contributed by atoms with E-state index >= 15 is 0 Å². The molecule has 1 amide bonds. The van der Waals surface area contributed by atoms with Gasteiger partial charge in [0.05, 0.1) is 22.7 Å². The number of para-hydroxylation sites is 1. The molecule has 5 nitrogen and oxygen atoms in total. The molecule has 1 saturated heterocycles. The highest BCUT2D eigenvalue weighted by molar-refractivity contribution is 5.79. The number of carbonyl (C=O) groups excluding carboxylic acids is 1. The molecule has 0 spiro atoms. The first-order chi connectivity index (χ1) is 10.9. The minimum Gasteiger partial charge on any atom is -0.388 e. The molecule has 0 saturated carbocycles. The number of benzene rings is 1. The van der Waals surface area contributed by atoms with Crippen LogP contribution in [0.4, 0.5) is 0 Å². The minimum absolute atomic E-state index is 0.0760. The Balaban J connectivity index is 1.67. The Kier molecular flexibility index (Phi) is 4.15. The molecule has 3 rings (SSSR count). The normalized spacial score (nSPS) is 18.8.